The molecule has 0 unspecified atom stereocenters. The Morgan fingerprint density at radius 1 is 1.40 bits per heavy atom. The van der Waals surface area contributed by atoms with E-state index in [-0.39, 0.29) is 0 Å². The predicted molar refractivity (Wildman–Crippen MR) is 77.8 cm³/mol. The first-order valence-electron chi connectivity index (χ1n) is 6.48. The van der Waals surface area contributed by atoms with E-state index in [2.05, 4.69) is 20.4 Å². The van der Waals surface area contributed by atoms with Crippen LogP contribution in [0.2, 0.25) is 5.02 Å². The highest BCUT2D eigenvalue weighted by Crippen LogP contribution is 2.21. The third kappa shape index (κ3) is 2.84. The van der Waals surface area contributed by atoms with Gasteiger partial charge in [0.05, 0.1) is 0 Å². The Balaban J connectivity index is 1.57. The summed E-state index contributed by atoms with van der Waals surface area (Å²) in [6.45, 7) is 3.39. The molecule has 2 heterocycles. The summed E-state index contributed by atoms with van der Waals surface area (Å²) in [5.41, 5.74) is 2.28. The van der Waals surface area contributed by atoms with Crippen LogP contribution in [-0.2, 0) is 13.0 Å². The maximum atomic E-state index is 5.97. The first-order valence-corrected chi connectivity index (χ1v) is 6.85. The summed E-state index contributed by atoms with van der Waals surface area (Å²) in [6.07, 6.45) is 2.76. The fraction of sp³-hybridized carbons (Fsp3) is 0.286. The average molecular weight is 291 g/mol. The van der Waals surface area contributed by atoms with Crippen LogP contribution >= 0.6 is 11.6 Å². The van der Waals surface area contributed by atoms with E-state index in [1.165, 1.54) is 10.9 Å². The van der Waals surface area contributed by atoms with Crippen molar-refractivity contribution < 1.29 is 4.52 Å². The number of aromatic nitrogens is 3. The second-order valence-corrected chi connectivity index (χ2v) is 5.10. The maximum Gasteiger partial charge on any atom is 0.223 e. The van der Waals surface area contributed by atoms with Crippen molar-refractivity contribution in [1.29, 1.82) is 0 Å². The highest BCUT2D eigenvalue weighted by atomic mass is 35.5. The van der Waals surface area contributed by atoms with Crippen LogP contribution in [0.25, 0.3) is 10.9 Å². The highest BCUT2D eigenvalue weighted by Gasteiger charge is 2.05. The zero-order valence-corrected chi connectivity index (χ0v) is 11.9. The predicted octanol–water partition coefficient (Wildman–Crippen LogP) is 2.85. The molecule has 0 saturated carbocycles. The third-order valence-electron chi connectivity index (χ3n) is 3.14. The molecule has 0 bridgehead atoms. The number of hydrogen-bond donors (Lipinski definition) is 2. The van der Waals surface area contributed by atoms with Crippen LogP contribution in [0.4, 0.5) is 0 Å². The van der Waals surface area contributed by atoms with E-state index < -0.39 is 0 Å². The minimum Gasteiger partial charge on any atom is -0.361 e. The Morgan fingerprint density at radius 2 is 2.30 bits per heavy atom. The smallest absolute Gasteiger partial charge is 0.223 e. The number of aromatic amines is 1. The van der Waals surface area contributed by atoms with Gasteiger partial charge in [-0.3, -0.25) is 0 Å². The van der Waals surface area contributed by atoms with Crippen molar-refractivity contribution in [3.05, 3.63) is 46.7 Å². The lowest BCUT2D eigenvalue weighted by atomic mass is 10.2. The van der Waals surface area contributed by atoms with Crippen molar-refractivity contribution >= 4 is 22.5 Å². The third-order valence-corrected chi connectivity index (χ3v) is 3.38. The van der Waals surface area contributed by atoms with Crippen LogP contribution < -0.4 is 5.32 Å². The number of aryl methyl sites for hydroxylation is 1. The molecule has 2 N–H and O–H groups in total. The number of nitrogens with zero attached hydrogens (tertiary/aromatic N) is 2. The largest absolute Gasteiger partial charge is 0.361 e. The molecule has 1 aromatic carbocycles. The average Bonchev–Trinajstić information content (AvgIpc) is 3.01. The van der Waals surface area contributed by atoms with E-state index in [1.54, 1.807) is 6.92 Å². The summed E-state index contributed by atoms with van der Waals surface area (Å²) in [6, 6.07) is 5.87. The molecule has 3 rings (SSSR count). The second kappa shape index (κ2) is 5.64. The zero-order chi connectivity index (χ0) is 13.9. The molecule has 2 aromatic heterocycles. The Labute approximate surface area is 121 Å². The minimum absolute atomic E-state index is 0.605. The lowest BCUT2D eigenvalue weighted by Gasteiger charge is -2.02. The number of rotatable bonds is 5. The second-order valence-electron chi connectivity index (χ2n) is 4.66. The van der Waals surface area contributed by atoms with E-state index in [4.69, 9.17) is 16.1 Å². The van der Waals surface area contributed by atoms with Crippen molar-refractivity contribution in [2.75, 3.05) is 6.54 Å². The molecule has 6 heteroatoms. The summed E-state index contributed by atoms with van der Waals surface area (Å²) < 4.78 is 4.93. The van der Waals surface area contributed by atoms with Crippen LogP contribution in [0.15, 0.2) is 28.9 Å². The Kier molecular flexibility index (Phi) is 3.71. The normalized spacial score (nSPS) is 11.3. The van der Waals surface area contributed by atoms with Gasteiger partial charge >= 0.3 is 0 Å². The fourth-order valence-corrected chi connectivity index (χ4v) is 2.34. The molecule has 3 aromatic rings. The Hall–Kier alpha value is -1.85. The molecule has 20 heavy (non-hydrogen) atoms. The lowest BCUT2D eigenvalue weighted by Crippen LogP contribution is -2.17. The number of H-pyrrole nitrogens is 1. The van der Waals surface area contributed by atoms with Gasteiger partial charge in [-0.05, 0) is 17.7 Å². The molecular weight excluding hydrogens is 276 g/mol. The minimum atomic E-state index is 0.605. The van der Waals surface area contributed by atoms with Crippen molar-refractivity contribution in [1.82, 2.24) is 20.4 Å². The molecule has 5 nitrogen and oxygen atoms in total. The van der Waals surface area contributed by atoms with E-state index in [1.807, 2.05) is 24.4 Å². The van der Waals surface area contributed by atoms with E-state index >= 15 is 0 Å². The summed E-state index contributed by atoms with van der Waals surface area (Å²) in [4.78, 5) is 7.39. The number of hydrogen-bond acceptors (Lipinski definition) is 4. The first-order chi connectivity index (χ1) is 9.72. The number of fused-ring (bicyclic) bond motifs is 1. The maximum absolute atomic E-state index is 5.97. The van der Waals surface area contributed by atoms with Gasteiger partial charge in [0.15, 0.2) is 5.82 Å². The van der Waals surface area contributed by atoms with Crippen LogP contribution in [-0.4, -0.2) is 21.7 Å². The molecule has 0 fully saturated rings. The van der Waals surface area contributed by atoms with Gasteiger partial charge in [-0.25, -0.2) is 0 Å². The lowest BCUT2D eigenvalue weighted by molar-refractivity contribution is 0.387. The van der Waals surface area contributed by atoms with Gasteiger partial charge in [-0.15, -0.1) is 0 Å². The van der Waals surface area contributed by atoms with E-state index in [0.717, 1.165) is 35.9 Å². The molecule has 0 aliphatic heterocycles. The van der Waals surface area contributed by atoms with Gasteiger partial charge < -0.3 is 14.8 Å². The van der Waals surface area contributed by atoms with Crippen LogP contribution in [0.1, 0.15) is 17.3 Å². The van der Waals surface area contributed by atoms with Crippen molar-refractivity contribution in [3.8, 4) is 0 Å². The van der Waals surface area contributed by atoms with Gasteiger partial charge in [-0.2, -0.15) is 4.98 Å². The summed E-state index contributed by atoms with van der Waals surface area (Å²) in [5.74, 6) is 1.34. The molecule has 0 aliphatic carbocycles. The number of benzene rings is 1. The van der Waals surface area contributed by atoms with Crippen molar-refractivity contribution in [2.24, 2.45) is 0 Å². The van der Waals surface area contributed by atoms with Gasteiger partial charge in [0.2, 0.25) is 5.89 Å². The topological polar surface area (TPSA) is 66.7 Å². The summed E-state index contributed by atoms with van der Waals surface area (Å²) in [5, 5.41) is 9.17. The quantitative estimate of drug-likeness (QED) is 0.709. The van der Waals surface area contributed by atoms with Gasteiger partial charge in [-0.1, -0.05) is 22.8 Å². The van der Waals surface area contributed by atoms with Crippen molar-refractivity contribution in [2.45, 2.75) is 19.9 Å². The van der Waals surface area contributed by atoms with Crippen LogP contribution in [0.3, 0.4) is 0 Å². The van der Waals surface area contributed by atoms with E-state index in [9.17, 15) is 0 Å². The van der Waals surface area contributed by atoms with Gasteiger partial charge in [0.25, 0.3) is 0 Å². The zero-order valence-electron chi connectivity index (χ0n) is 11.1. The SMILES string of the molecule is Cc1nc(CCNCc2c[nH]c3cc(Cl)ccc23)no1. The molecule has 104 valence electrons. The number of nitrogens with one attached hydrogen (secondary N) is 2. The van der Waals surface area contributed by atoms with Crippen LogP contribution in [0, 0.1) is 6.92 Å². The molecule has 0 radical (unpaired) electrons. The highest BCUT2D eigenvalue weighted by molar-refractivity contribution is 6.31. The van der Waals surface area contributed by atoms with Gasteiger partial charge in [0, 0.05) is 48.6 Å². The molecule has 0 atom stereocenters. The molecule has 0 saturated heterocycles. The molecule has 0 spiro atoms. The summed E-state index contributed by atoms with van der Waals surface area (Å²) in [7, 11) is 0. The molecular formula is C14H15ClN4O. The Bertz CT molecular complexity index is 719. The van der Waals surface area contributed by atoms with Crippen LogP contribution in [0.5, 0.6) is 0 Å². The standard InChI is InChI=1S/C14H15ClN4O/c1-9-18-14(19-20-9)4-5-16-7-10-8-17-13-6-11(15)2-3-12(10)13/h2-3,6,8,16-17H,4-5,7H2,1H3. The fourth-order valence-electron chi connectivity index (χ4n) is 2.17. The van der Waals surface area contributed by atoms with Gasteiger partial charge in [0.1, 0.15) is 0 Å². The molecule has 0 aliphatic rings. The van der Waals surface area contributed by atoms with Crippen molar-refractivity contribution in [3.63, 3.8) is 0 Å². The number of halogens is 1. The first kappa shape index (κ1) is 13.1. The monoisotopic (exact) mass is 290 g/mol. The Morgan fingerprint density at radius 3 is 3.10 bits per heavy atom. The molecule has 0 amide bonds. The summed E-state index contributed by atoms with van der Waals surface area (Å²) >= 11 is 5.97. The van der Waals surface area contributed by atoms with E-state index in [0.29, 0.717) is 5.89 Å².